The van der Waals surface area contributed by atoms with E-state index in [4.69, 9.17) is 9.15 Å². The molecule has 1 aliphatic rings. The summed E-state index contributed by atoms with van der Waals surface area (Å²) in [4.78, 5) is 37.1. The fourth-order valence-electron chi connectivity index (χ4n) is 4.29. The molecule has 0 bridgehead atoms. The van der Waals surface area contributed by atoms with Crippen molar-refractivity contribution < 1.29 is 18.7 Å². The van der Waals surface area contributed by atoms with E-state index in [9.17, 15) is 14.4 Å². The number of pyridine rings is 1. The summed E-state index contributed by atoms with van der Waals surface area (Å²) in [6.07, 6.45) is 6.30. The number of carbonyl (C=O) groups excluding carboxylic acids is 2. The third-order valence-corrected chi connectivity index (χ3v) is 6.40. The first-order valence-corrected chi connectivity index (χ1v) is 10.4. The zero-order chi connectivity index (χ0) is 22.3. The maximum absolute atomic E-state index is 12.8. The monoisotopic (exact) mass is 419 g/mol. The number of benzene rings is 1. The molecule has 0 amide bonds. The van der Waals surface area contributed by atoms with E-state index in [0.29, 0.717) is 17.7 Å². The van der Waals surface area contributed by atoms with E-state index >= 15 is 0 Å². The molecule has 160 valence electrons. The summed E-state index contributed by atoms with van der Waals surface area (Å²) in [5.74, 6) is -0.413. The van der Waals surface area contributed by atoms with E-state index in [1.165, 1.54) is 6.07 Å². The highest BCUT2D eigenvalue weighted by Crippen LogP contribution is 2.43. The number of carbonyl (C=O) groups is 2. The lowest BCUT2D eigenvalue weighted by molar-refractivity contribution is 0.0522. The molecule has 4 rings (SSSR count). The quantitative estimate of drug-likeness (QED) is 0.443. The lowest BCUT2D eigenvalue weighted by Gasteiger charge is -2.43. The van der Waals surface area contributed by atoms with Crippen LogP contribution in [0.1, 0.15) is 54.0 Å². The Morgan fingerprint density at radius 2 is 2.06 bits per heavy atom. The van der Waals surface area contributed by atoms with Crippen molar-refractivity contribution in [1.29, 1.82) is 0 Å². The smallest absolute Gasteiger partial charge is 0.343 e. The Balaban J connectivity index is 2.00. The Hall–Kier alpha value is -3.41. The second-order valence-electron chi connectivity index (χ2n) is 8.44. The molecule has 0 saturated carbocycles. The van der Waals surface area contributed by atoms with E-state index in [1.54, 1.807) is 25.6 Å². The first kappa shape index (κ1) is 20.8. The first-order chi connectivity index (χ1) is 14.8. The van der Waals surface area contributed by atoms with Crippen LogP contribution in [0.15, 0.2) is 52.2 Å². The van der Waals surface area contributed by atoms with Crippen LogP contribution in [0.3, 0.4) is 0 Å². The Morgan fingerprint density at radius 1 is 1.29 bits per heavy atom. The fraction of sp³-hybridized carbons (Fsp3) is 0.320. The molecular weight excluding hydrogens is 394 g/mol. The Bertz CT molecular complexity index is 1220. The molecule has 6 heteroatoms. The Kier molecular flexibility index (Phi) is 5.17. The summed E-state index contributed by atoms with van der Waals surface area (Å²) >= 11 is 0. The van der Waals surface area contributed by atoms with Gasteiger partial charge in [0.15, 0.2) is 11.7 Å². The third kappa shape index (κ3) is 3.32. The summed E-state index contributed by atoms with van der Waals surface area (Å²) in [7, 11) is 0. The number of nitrogens with zero attached hydrogens (tertiary/aromatic N) is 1. The number of aldehydes is 1. The van der Waals surface area contributed by atoms with Gasteiger partial charge in [0.1, 0.15) is 5.56 Å². The highest BCUT2D eigenvalue weighted by atomic mass is 16.5. The van der Waals surface area contributed by atoms with Gasteiger partial charge in [0.05, 0.1) is 24.8 Å². The van der Waals surface area contributed by atoms with Crippen LogP contribution in [0.25, 0.3) is 22.4 Å². The van der Waals surface area contributed by atoms with Crippen LogP contribution in [-0.2, 0) is 16.7 Å². The number of ether oxygens (including phenoxy) is 1. The van der Waals surface area contributed by atoms with Gasteiger partial charge in [-0.25, -0.2) is 4.79 Å². The summed E-state index contributed by atoms with van der Waals surface area (Å²) in [6.45, 7) is 8.26. The molecule has 1 aromatic carbocycles. The van der Waals surface area contributed by atoms with Crippen molar-refractivity contribution in [2.75, 3.05) is 6.61 Å². The van der Waals surface area contributed by atoms with Crippen LogP contribution in [0.4, 0.5) is 0 Å². The molecular formula is C25H25NO5. The van der Waals surface area contributed by atoms with Crippen LogP contribution < -0.4 is 5.43 Å². The highest BCUT2D eigenvalue weighted by molar-refractivity contribution is 5.92. The summed E-state index contributed by atoms with van der Waals surface area (Å²) in [6, 6.07) is 7.14. The maximum Gasteiger partial charge on any atom is 0.343 e. The van der Waals surface area contributed by atoms with Gasteiger partial charge in [-0.3, -0.25) is 9.59 Å². The average Bonchev–Trinajstić information content (AvgIpc) is 3.27. The van der Waals surface area contributed by atoms with Crippen molar-refractivity contribution in [1.82, 2.24) is 4.57 Å². The largest absolute Gasteiger partial charge is 0.472 e. The molecule has 1 aliphatic heterocycles. The second kappa shape index (κ2) is 7.69. The number of rotatable bonds is 5. The molecule has 1 atom stereocenters. The molecule has 0 aliphatic carbocycles. The van der Waals surface area contributed by atoms with E-state index in [-0.39, 0.29) is 23.6 Å². The van der Waals surface area contributed by atoms with Gasteiger partial charge < -0.3 is 13.7 Å². The molecule has 0 spiro atoms. The molecule has 3 heterocycles. The lowest BCUT2D eigenvalue weighted by atomic mass is 9.76. The fourth-order valence-corrected chi connectivity index (χ4v) is 4.29. The summed E-state index contributed by atoms with van der Waals surface area (Å²) < 4.78 is 12.3. The van der Waals surface area contributed by atoms with Gasteiger partial charge in [-0.1, -0.05) is 13.8 Å². The van der Waals surface area contributed by atoms with Gasteiger partial charge in [-0.2, -0.15) is 0 Å². The zero-order valence-electron chi connectivity index (χ0n) is 18.1. The van der Waals surface area contributed by atoms with Crippen LogP contribution in [0, 0.1) is 5.92 Å². The predicted octanol–water partition coefficient (Wildman–Crippen LogP) is 4.69. The number of hydrogen-bond donors (Lipinski definition) is 0. The van der Waals surface area contributed by atoms with Crippen LogP contribution >= 0.6 is 0 Å². The van der Waals surface area contributed by atoms with E-state index in [0.717, 1.165) is 28.5 Å². The molecule has 0 fully saturated rings. The molecule has 31 heavy (non-hydrogen) atoms. The van der Waals surface area contributed by atoms with Crippen LogP contribution in [0.5, 0.6) is 0 Å². The first-order valence-electron chi connectivity index (χ1n) is 10.4. The topological polar surface area (TPSA) is 78.5 Å². The van der Waals surface area contributed by atoms with Gasteiger partial charge in [0, 0.05) is 34.5 Å². The van der Waals surface area contributed by atoms with Gasteiger partial charge in [0.2, 0.25) is 0 Å². The minimum atomic E-state index is -0.622. The normalized spacial score (nSPS) is 17.2. The van der Waals surface area contributed by atoms with E-state index in [2.05, 4.69) is 20.8 Å². The van der Waals surface area contributed by atoms with E-state index < -0.39 is 11.4 Å². The van der Waals surface area contributed by atoms with Crippen molar-refractivity contribution in [2.45, 2.75) is 39.7 Å². The van der Waals surface area contributed by atoms with Gasteiger partial charge in [0.25, 0.3) is 0 Å². The molecule has 6 nitrogen and oxygen atoms in total. The van der Waals surface area contributed by atoms with Crippen molar-refractivity contribution in [3.05, 3.63) is 69.9 Å². The Morgan fingerprint density at radius 3 is 2.68 bits per heavy atom. The molecule has 0 N–H and O–H groups in total. The van der Waals surface area contributed by atoms with Gasteiger partial charge in [-0.15, -0.1) is 0 Å². The highest BCUT2D eigenvalue weighted by Gasteiger charge is 2.38. The standard InChI is InChI=1S/C25H25NO5/c1-5-31-24(29)21-12-26-22(10-23(21)28)20-9-18(13-27)19(16-6-7-30-14-16)8-17(20)11-25(26,4)15(2)3/h6-10,12-15H,5,11H2,1-4H3. The third-order valence-electron chi connectivity index (χ3n) is 6.40. The van der Waals surface area contributed by atoms with Crippen LogP contribution in [-0.4, -0.2) is 23.4 Å². The number of esters is 1. The summed E-state index contributed by atoms with van der Waals surface area (Å²) in [5, 5.41) is 0. The van der Waals surface area contributed by atoms with E-state index in [1.807, 2.05) is 22.8 Å². The molecule has 0 saturated heterocycles. The van der Waals surface area contributed by atoms with Gasteiger partial charge in [-0.05, 0) is 55.5 Å². The van der Waals surface area contributed by atoms with Crippen LogP contribution in [0.2, 0.25) is 0 Å². The lowest BCUT2D eigenvalue weighted by Crippen LogP contribution is -2.42. The number of fused-ring (bicyclic) bond motifs is 3. The molecule has 2 aromatic heterocycles. The number of hydrogen-bond acceptors (Lipinski definition) is 5. The maximum atomic E-state index is 12.8. The molecule has 0 radical (unpaired) electrons. The number of furan rings is 1. The van der Waals surface area contributed by atoms with Crippen molar-refractivity contribution in [3.63, 3.8) is 0 Å². The molecule has 3 aromatic rings. The SMILES string of the molecule is CCOC(=O)c1cn2c(cc1=O)-c1cc(C=O)c(-c3ccoc3)cc1CC2(C)C(C)C. The van der Waals surface area contributed by atoms with Crippen molar-refractivity contribution >= 4 is 12.3 Å². The minimum absolute atomic E-state index is 0.0200. The Labute approximate surface area is 180 Å². The van der Waals surface area contributed by atoms with Gasteiger partial charge >= 0.3 is 5.97 Å². The zero-order valence-corrected chi connectivity index (χ0v) is 18.1. The number of aromatic nitrogens is 1. The molecule has 1 unspecified atom stereocenters. The summed E-state index contributed by atoms with van der Waals surface area (Å²) in [5.41, 5.74) is 3.94. The minimum Gasteiger partial charge on any atom is -0.472 e. The average molecular weight is 419 g/mol. The second-order valence-corrected chi connectivity index (χ2v) is 8.44. The van der Waals surface area contributed by atoms with Crippen molar-refractivity contribution in [3.8, 4) is 22.4 Å². The van der Waals surface area contributed by atoms with Crippen molar-refractivity contribution in [2.24, 2.45) is 5.92 Å². The predicted molar refractivity (Wildman–Crippen MR) is 117 cm³/mol.